The zero-order valence-electron chi connectivity index (χ0n) is 17.3. The number of nitrogens with zero attached hydrogens (tertiary/aromatic N) is 1. The Kier molecular flexibility index (Phi) is 9.82. The van der Waals surface area contributed by atoms with Crippen LogP contribution in [0.2, 0.25) is 0 Å². The summed E-state index contributed by atoms with van der Waals surface area (Å²) in [6.45, 7) is 5.09. The molecule has 1 heterocycles. The number of hydrogen-bond acceptors (Lipinski definition) is 5. The van der Waals surface area contributed by atoms with Gasteiger partial charge in [0, 0.05) is 31.6 Å². The first-order valence-corrected chi connectivity index (χ1v) is 10.8. The first kappa shape index (κ1) is 22.7. The SMILES string of the molecule is CCCCCCCCCC(=O)C(N)(CN1CCOCC1)C(=O)c1ccccc1. The van der Waals surface area contributed by atoms with E-state index in [4.69, 9.17) is 10.5 Å². The normalized spacial score (nSPS) is 17.2. The highest BCUT2D eigenvalue weighted by atomic mass is 16.5. The molecule has 1 aliphatic heterocycles. The van der Waals surface area contributed by atoms with Gasteiger partial charge in [-0.15, -0.1) is 0 Å². The van der Waals surface area contributed by atoms with Crippen molar-refractivity contribution >= 4 is 11.6 Å². The van der Waals surface area contributed by atoms with E-state index in [9.17, 15) is 9.59 Å². The second kappa shape index (κ2) is 12.1. The van der Waals surface area contributed by atoms with Crippen molar-refractivity contribution in [2.24, 2.45) is 5.73 Å². The fourth-order valence-electron chi connectivity index (χ4n) is 3.71. The van der Waals surface area contributed by atoms with Crippen molar-refractivity contribution in [1.82, 2.24) is 4.90 Å². The van der Waals surface area contributed by atoms with Gasteiger partial charge in [-0.25, -0.2) is 0 Å². The van der Waals surface area contributed by atoms with Gasteiger partial charge in [-0.05, 0) is 6.42 Å². The Hall–Kier alpha value is -1.56. The van der Waals surface area contributed by atoms with Gasteiger partial charge in [0.25, 0.3) is 0 Å². The molecule has 1 saturated heterocycles. The van der Waals surface area contributed by atoms with Crippen LogP contribution < -0.4 is 5.73 Å². The number of ketones is 2. The van der Waals surface area contributed by atoms with Crippen molar-refractivity contribution in [3.8, 4) is 0 Å². The maximum Gasteiger partial charge on any atom is 0.191 e. The monoisotopic (exact) mass is 388 g/mol. The Bertz CT molecular complexity index is 599. The lowest BCUT2D eigenvalue weighted by Crippen LogP contribution is -2.62. The van der Waals surface area contributed by atoms with Gasteiger partial charge >= 0.3 is 0 Å². The van der Waals surface area contributed by atoms with Gasteiger partial charge in [0.2, 0.25) is 0 Å². The van der Waals surface area contributed by atoms with Gasteiger partial charge in [-0.2, -0.15) is 0 Å². The van der Waals surface area contributed by atoms with Crippen LogP contribution in [0.4, 0.5) is 0 Å². The summed E-state index contributed by atoms with van der Waals surface area (Å²) >= 11 is 0. The van der Waals surface area contributed by atoms with Crippen molar-refractivity contribution < 1.29 is 14.3 Å². The summed E-state index contributed by atoms with van der Waals surface area (Å²) in [5.74, 6) is -0.408. The number of hydrogen-bond donors (Lipinski definition) is 1. The Morgan fingerprint density at radius 1 is 1.00 bits per heavy atom. The molecule has 2 N–H and O–H groups in total. The lowest BCUT2D eigenvalue weighted by Gasteiger charge is -2.35. The van der Waals surface area contributed by atoms with Gasteiger partial charge in [0.1, 0.15) is 0 Å². The number of rotatable bonds is 13. The fraction of sp³-hybridized carbons (Fsp3) is 0.652. The van der Waals surface area contributed by atoms with E-state index < -0.39 is 5.54 Å². The van der Waals surface area contributed by atoms with Gasteiger partial charge in [-0.3, -0.25) is 14.5 Å². The third-order valence-corrected chi connectivity index (χ3v) is 5.52. The predicted molar refractivity (Wildman–Crippen MR) is 113 cm³/mol. The summed E-state index contributed by atoms with van der Waals surface area (Å²) in [5, 5.41) is 0. The van der Waals surface area contributed by atoms with Crippen molar-refractivity contribution in [3.05, 3.63) is 35.9 Å². The molecule has 1 aliphatic rings. The Morgan fingerprint density at radius 3 is 2.25 bits per heavy atom. The summed E-state index contributed by atoms with van der Waals surface area (Å²) in [7, 11) is 0. The summed E-state index contributed by atoms with van der Waals surface area (Å²) in [6.07, 6.45) is 8.31. The number of carbonyl (C=O) groups is 2. The van der Waals surface area contributed by atoms with Crippen molar-refractivity contribution in [2.45, 2.75) is 63.8 Å². The van der Waals surface area contributed by atoms with Gasteiger partial charge in [-0.1, -0.05) is 75.8 Å². The fourth-order valence-corrected chi connectivity index (χ4v) is 3.71. The molecule has 5 heteroatoms. The maximum atomic E-state index is 13.2. The van der Waals surface area contributed by atoms with Crippen molar-refractivity contribution in [1.29, 1.82) is 0 Å². The van der Waals surface area contributed by atoms with E-state index in [0.29, 0.717) is 38.3 Å². The standard InChI is InChI=1S/C23H36N2O3/c1-2-3-4-5-6-7-11-14-21(26)23(24,19-25-15-17-28-18-16-25)22(27)20-12-9-8-10-13-20/h8-10,12-13H,2-7,11,14-19,24H2,1H3. The molecular weight excluding hydrogens is 352 g/mol. The van der Waals surface area contributed by atoms with E-state index in [-0.39, 0.29) is 18.1 Å². The highest BCUT2D eigenvalue weighted by Gasteiger charge is 2.43. The molecule has 0 bridgehead atoms. The number of ether oxygens (including phenoxy) is 1. The average molecular weight is 389 g/mol. The van der Waals surface area contributed by atoms with Crippen LogP contribution in [0.1, 0.15) is 68.6 Å². The largest absolute Gasteiger partial charge is 0.379 e. The van der Waals surface area contributed by atoms with Gasteiger partial charge in [0.15, 0.2) is 17.1 Å². The Labute approximate surface area is 169 Å². The van der Waals surface area contributed by atoms with Crippen LogP contribution in [-0.4, -0.2) is 54.9 Å². The van der Waals surface area contributed by atoms with E-state index >= 15 is 0 Å². The number of carbonyl (C=O) groups excluding carboxylic acids is 2. The molecule has 1 atom stereocenters. The molecule has 0 aliphatic carbocycles. The lowest BCUT2D eigenvalue weighted by molar-refractivity contribution is -0.123. The summed E-state index contributed by atoms with van der Waals surface area (Å²) in [5.41, 5.74) is 5.57. The van der Waals surface area contributed by atoms with Crippen LogP contribution in [0, 0.1) is 0 Å². The molecule has 0 amide bonds. The molecule has 1 unspecified atom stereocenters. The highest BCUT2D eigenvalue weighted by Crippen LogP contribution is 2.19. The Balaban J connectivity index is 1.98. The molecule has 0 spiro atoms. The first-order chi connectivity index (χ1) is 13.6. The molecular formula is C23H36N2O3. The van der Waals surface area contributed by atoms with Crippen LogP contribution >= 0.6 is 0 Å². The second-order valence-corrected chi connectivity index (χ2v) is 7.85. The maximum absolute atomic E-state index is 13.2. The molecule has 0 aromatic heterocycles. The molecule has 1 aromatic carbocycles. The molecule has 0 radical (unpaired) electrons. The smallest absolute Gasteiger partial charge is 0.191 e. The number of benzene rings is 1. The zero-order valence-corrected chi connectivity index (χ0v) is 17.3. The van der Waals surface area contributed by atoms with Crippen LogP contribution in [-0.2, 0) is 9.53 Å². The van der Waals surface area contributed by atoms with Crippen LogP contribution in [0.25, 0.3) is 0 Å². The Morgan fingerprint density at radius 2 is 1.61 bits per heavy atom. The summed E-state index contributed by atoms with van der Waals surface area (Å²) in [4.78, 5) is 28.3. The third kappa shape index (κ3) is 6.80. The molecule has 28 heavy (non-hydrogen) atoms. The van der Waals surface area contributed by atoms with E-state index in [1.54, 1.807) is 12.1 Å². The highest BCUT2D eigenvalue weighted by molar-refractivity contribution is 6.18. The van der Waals surface area contributed by atoms with Crippen molar-refractivity contribution in [3.63, 3.8) is 0 Å². The minimum absolute atomic E-state index is 0.138. The molecule has 2 rings (SSSR count). The molecule has 156 valence electrons. The molecule has 1 aromatic rings. The molecule has 1 fully saturated rings. The van der Waals surface area contributed by atoms with E-state index in [0.717, 1.165) is 19.3 Å². The van der Waals surface area contributed by atoms with E-state index in [1.807, 2.05) is 18.2 Å². The van der Waals surface area contributed by atoms with Crippen LogP contribution in [0.5, 0.6) is 0 Å². The molecule has 0 saturated carbocycles. The van der Waals surface area contributed by atoms with E-state index in [2.05, 4.69) is 11.8 Å². The summed E-state index contributed by atoms with van der Waals surface area (Å²) in [6, 6.07) is 8.96. The van der Waals surface area contributed by atoms with Gasteiger partial charge < -0.3 is 10.5 Å². The average Bonchev–Trinajstić information content (AvgIpc) is 2.73. The van der Waals surface area contributed by atoms with Gasteiger partial charge in [0.05, 0.1) is 13.2 Å². The molecule has 5 nitrogen and oxygen atoms in total. The van der Waals surface area contributed by atoms with Crippen LogP contribution in [0.15, 0.2) is 30.3 Å². The number of morpholine rings is 1. The first-order valence-electron chi connectivity index (χ1n) is 10.8. The minimum Gasteiger partial charge on any atom is -0.379 e. The van der Waals surface area contributed by atoms with Crippen LogP contribution in [0.3, 0.4) is 0 Å². The lowest BCUT2D eigenvalue weighted by atomic mass is 9.83. The number of Topliss-reactive ketones (excluding diaryl/α,β-unsaturated/α-hetero) is 2. The third-order valence-electron chi connectivity index (χ3n) is 5.52. The number of nitrogens with two attached hydrogens (primary N) is 1. The number of unbranched alkanes of at least 4 members (excludes halogenated alkanes) is 6. The van der Waals surface area contributed by atoms with E-state index in [1.165, 1.54) is 25.7 Å². The predicted octanol–water partition coefficient (Wildman–Crippen LogP) is 3.61. The zero-order chi connectivity index (χ0) is 20.2. The quantitative estimate of drug-likeness (QED) is 0.317. The second-order valence-electron chi connectivity index (χ2n) is 7.85. The summed E-state index contributed by atoms with van der Waals surface area (Å²) < 4.78 is 5.39. The van der Waals surface area contributed by atoms with Crippen molar-refractivity contribution in [2.75, 3.05) is 32.8 Å². The minimum atomic E-state index is -1.49. The topological polar surface area (TPSA) is 72.6 Å².